The molecule has 1 aromatic carbocycles. The fourth-order valence-corrected chi connectivity index (χ4v) is 2.71. The minimum absolute atomic E-state index is 0.221. The fraction of sp³-hybridized carbons (Fsp3) is 0.400. The van der Waals surface area contributed by atoms with E-state index in [1.165, 1.54) is 6.07 Å². The summed E-state index contributed by atoms with van der Waals surface area (Å²) < 4.78 is 16.2. The molecular formula is C15H19BrFN3O. The van der Waals surface area contributed by atoms with E-state index in [9.17, 15) is 9.50 Å². The van der Waals surface area contributed by atoms with Crippen molar-refractivity contribution in [3.63, 3.8) is 0 Å². The minimum atomic E-state index is -0.805. The Morgan fingerprint density at radius 3 is 2.76 bits per heavy atom. The molecule has 1 atom stereocenters. The standard InChI is InChI=1S/C15H19BrFN3O/c1-19(2)7-8-20-15(12(16)10-18-20)14(21)9-11-5-3-4-6-13(11)17/h3-6,10,14,21H,7-9H2,1-2H3. The molecule has 0 saturated heterocycles. The first kappa shape index (κ1) is 16.1. The maximum Gasteiger partial charge on any atom is 0.126 e. The van der Waals surface area contributed by atoms with Crippen LogP contribution in [0.5, 0.6) is 0 Å². The molecule has 2 aromatic rings. The number of aromatic nitrogens is 2. The maximum absolute atomic E-state index is 13.7. The van der Waals surface area contributed by atoms with Gasteiger partial charge in [-0.1, -0.05) is 18.2 Å². The van der Waals surface area contributed by atoms with Gasteiger partial charge in [-0.2, -0.15) is 5.10 Å². The predicted molar refractivity (Wildman–Crippen MR) is 83.5 cm³/mol. The Bertz CT molecular complexity index is 600. The van der Waals surface area contributed by atoms with E-state index in [2.05, 4.69) is 21.0 Å². The molecule has 0 bridgehead atoms. The highest BCUT2D eigenvalue weighted by Gasteiger charge is 2.19. The van der Waals surface area contributed by atoms with Crippen LogP contribution in [0.1, 0.15) is 17.4 Å². The van der Waals surface area contributed by atoms with Crippen molar-refractivity contribution in [1.29, 1.82) is 0 Å². The van der Waals surface area contributed by atoms with Crippen molar-refractivity contribution in [1.82, 2.24) is 14.7 Å². The van der Waals surface area contributed by atoms with Crippen LogP contribution in [0.2, 0.25) is 0 Å². The van der Waals surface area contributed by atoms with Crippen molar-refractivity contribution >= 4 is 15.9 Å². The molecule has 0 aliphatic heterocycles. The molecular weight excluding hydrogens is 337 g/mol. The number of aliphatic hydroxyl groups is 1. The summed E-state index contributed by atoms with van der Waals surface area (Å²) in [5.74, 6) is -0.299. The van der Waals surface area contributed by atoms with Gasteiger partial charge in [0.1, 0.15) is 11.9 Å². The van der Waals surface area contributed by atoms with Crippen LogP contribution in [0.15, 0.2) is 34.9 Å². The van der Waals surface area contributed by atoms with E-state index in [0.29, 0.717) is 17.8 Å². The molecule has 4 nitrogen and oxygen atoms in total. The predicted octanol–water partition coefficient (Wildman–Crippen LogP) is 2.62. The molecule has 0 saturated carbocycles. The molecule has 0 amide bonds. The van der Waals surface area contributed by atoms with Gasteiger partial charge in [0.05, 0.1) is 22.9 Å². The molecule has 1 N–H and O–H groups in total. The minimum Gasteiger partial charge on any atom is -0.386 e. The third kappa shape index (κ3) is 4.12. The highest BCUT2D eigenvalue weighted by atomic mass is 79.9. The van der Waals surface area contributed by atoms with Crippen molar-refractivity contribution in [2.75, 3.05) is 20.6 Å². The average molecular weight is 356 g/mol. The summed E-state index contributed by atoms with van der Waals surface area (Å²) >= 11 is 3.41. The lowest BCUT2D eigenvalue weighted by atomic mass is 10.1. The van der Waals surface area contributed by atoms with Crippen molar-refractivity contribution in [3.8, 4) is 0 Å². The van der Waals surface area contributed by atoms with Crippen molar-refractivity contribution in [2.24, 2.45) is 0 Å². The third-order valence-corrected chi connectivity index (χ3v) is 3.89. The Morgan fingerprint density at radius 1 is 1.38 bits per heavy atom. The van der Waals surface area contributed by atoms with E-state index in [0.717, 1.165) is 11.0 Å². The van der Waals surface area contributed by atoms with Crippen molar-refractivity contribution in [2.45, 2.75) is 19.1 Å². The Morgan fingerprint density at radius 2 is 2.10 bits per heavy atom. The summed E-state index contributed by atoms with van der Waals surface area (Å²) in [6.45, 7) is 1.48. The lowest BCUT2D eigenvalue weighted by Gasteiger charge is -2.16. The van der Waals surface area contributed by atoms with Crippen LogP contribution >= 0.6 is 15.9 Å². The van der Waals surface area contributed by atoms with Gasteiger partial charge in [0.15, 0.2) is 0 Å². The average Bonchev–Trinajstić information content (AvgIpc) is 2.80. The number of halogens is 2. The molecule has 1 unspecified atom stereocenters. The van der Waals surface area contributed by atoms with Crippen LogP contribution in [0.25, 0.3) is 0 Å². The van der Waals surface area contributed by atoms with Gasteiger partial charge < -0.3 is 10.0 Å². The van der Waals surface area contributed by atoms with E-state index in [4.69, 9.17) is 0 Å². The smallest absolute Gasteiger partial charge is 0.126 e. The van der Waals surface area contributed by atoms with E-state index in [-0.39, 0.29) is 12.2 Å². The van der Waals surface area contributed by atoms with Crippen LogP contribution in [0.4, 0.5) is 4.39 Å². The number of likely N-dealkylation sites (N-methyl/N-ethyl adjacent to an activating group) is 1. The Balaban J connectivity index is 2.17. The van der Waals surface area contributed by atoms with Crippen molar-refractivity contribution < 1.29 is 9.50 Å². The van der Waals surface area contributed by atoms with Gasteiger partial charge in [0.2, 0.25) is 0 Å². The summed E-state index contributed by atoms with van der Waals surface area (Å²) in [5.41, 5.74) is 1.18. The largest absolute Gasteiger partial charge is 0.386 e. The summed E-state index contributed by atoms with van der Waals surface area (Å²) in [7, 11) is 3.96. The molecule has 0 fully saturated rings. The molecule has 1 aromatic heterocycles. The van der Waals surface area contributed by atoms with Crippen LogP contribution in [0, 0.1) is 5.82 Å². The number of benzene rings is 1. The molecule has 21 heavy (non-hydrogen) atoms. The van der Waals surface area contributed by atoms with E-state index >= 15 is 0 Å². The number of hydrogen-bond donors (Lipinski definition) is 1. The monoisotopic (exact) mass is 355 g/mol. The molecule has 2 rings (SSSR count). The number of hydrogen-bond acceptors (Lipinski definition) is 3. The number of nitrogens with zero attached hydrogens (tertiary/aromatic N) is 3. The molecule has 114 valence electrons. The van der Waals surface area contributed by atoms with Gasteiger partial charge in [-0.25, -0.2) is 4.39 Å². The summed E-state index contributed by atoms with van der Waals surface area (Å²) in [6.07, 6.45) is 1.08. The first-order valence-electron chi connectivity index (χ1n) is 6.76. The van der Waals surface area contributed by atoms with E-state index in [1.54, 1.807) is 29.1 Å². The summed E-state index contributed by atoms with van der Waals surface area (Å²) in [4.78, 5) is 2.04. The van der Waals surface area contributed by atoms with Gasteiger partial charge in [-0.3, -0.25) is 4.68 Å². The zero-order chi connectivity index (χ0) is 15.4. The van der Waals surface area contributed by atoms with Gasteiger partial charge in [-0.05, 0) is 41.7 Å². The highest BCUT2D eigenvalue weighted by molar-refractivity contribution is 9.10. The second-order valence-corrected chi connectivity index (χ2v) is 6.07. The molecule has 0 aliphatic rings. The normalized spacial score (nSPS) is 12.9. The SMILES string of the molecule is CN(C)CCn1ncc(Br)c1C(O)Cc1ccccc1F. The van der Waals surface area contributed by atoms with Gasteiger partial charge in [-0.15, -0.1) is 0 Å². The van der Waals surface area contributed by atoms with Crippen LogP contribution in [-0.4, -0.2) is 40.4 Å². The lowest BCUT2D eigenvalue weighted by Crippen LogP contribution is -2.21. The van der Waals surface area contributed by atoms with Gasteiger partial charge in [0, 0.05) is 13.0 Å². The third-order valence-electron chi connectivity index (χ3n) is 3.28. The molecule has 0 aliphatic carbocycles. The van der Waals surface area contributed by atoms with Crippen LogP contribution in [-0.2, 0) is 13.0 Å². The van der Waals surface area contributed by atoms with Crippen LogP contribution in [0.3, 0.4) is 0 Å². The second kappa shape index (κ2) is 7.15. The second-order valence-electron chi connectivity index (χ2n) is 5.22. The molecule has 1 heterocycles. The van der Waals surface area contributed by atoms with Gasteiger partial charge >= 0.3 is 0 Å². The number of rotatable bonds is 6. The lowest BCUT2D eigenvalue weighted by molar-refractivity contribution is 0.163. The first-order valence-corrected chi connectivity index (χ1v) is 7.55. The van der Waals surface area contributed by atoms with Gasteiger partial charge in [0.25, 0.3) is 0 Å². The maximum atomic E-state index is 13.7. The van der Waals surface area contributed by atoms with Crippen molar-refractivity contribution in [3.05, 3.63) is 52.0 Å². The molecule has 0 spiro atoms. The summed E-state index contributed by atoms with van der Waals surface area (Å²) in [6, 6.07) is 6.50. The van der Waals surface area contributed by atoms with Crippen LogP contribution < -0.4 is 0 Å². The fourth-order valence-electron chi connectivity index (χ4n) is 2.15. The molecule has 6 heteroatoms. The Labute approximate surface area is 132 Å². The van der Waals surface area contributed by atoms with E-state index < -0.39 is 6.10 Å². The number of aliphatic hydroxyl groups excluding tert-OH is 1. The summed E-state index contributed by atoms with van der Waals surface area (Å²) in [5, 5.41) is 14.7. The first-order chi connectivity index (χ1) is 9.99. The molecule has 0 radical (unpaired) electrons. The topological polar surface area (TPSA) is 41.3 Å². The highest BCUT2D eigenvalue weighted by Crippen LogP contribution is 2.26. The zero-order valence-corrected chi connectivity index (χ0v) is 13.7. The van der Waals surface area contributed by atoms with E-state index in [1.807, 2.05) is 19.0 Å². The Kier molecular flexibility index (Phi) is 5.50. The Hall–Kier alpha value is -1.24. The zero-order valence-electron chi connectivity index (χ0n) is 12.1. The quantitative estimate of drug-likeness (QED) is 0.865.